The molecule has 0 radical (unpaired) electrons. The molecule has 1 saturated carbocycles. The number of hydrogen-bond donors (Lipinski definition) is 9. The van der Waals surface area contributed by atoms with Gasteiger partial charge in [0.05, 0.1) is 6.04 Å². The molecule has 2 unspecified atom stereocenters. The standard InChI is InChI=1S/C22H29NO12/c1-7(21(33)23-12-13(26)15(28)17(30)16(29)14(12)27)5-9-3-4-11(10(25)6-9)34-22-19(32)18(31)20(35-22)8(2)24/h3-6,12-20,22,25-32H,1-2H3,(H,23,33)/b7-5+/t12?,13-,14+,15+,16-,17?,18-,19-,20+,22+/m0/s1. The summed E-state index contributed by atoms with van der Waals surface area (Å²) in [6.07, 6.45) is -13.2. The molecule has 13 nitrogen and oxygen atoms in total. The van der Waals surface area contributed by atoms with Crippen LogP contribution in [0.5, 0.6) is 11.5 Å². The van der Waals surface area contributed by atoms with Crippen LogP contribution in [0, 0.1) is 0 Å². The van der Waals surface area contributed by atoms with Crippen molar-refractivity contribution in [1.29, 1.82) is 0 Å². The molecule has 9 N–H and O–H groups in total. The van der Waals surface area contributed by atoms with Crippen molar-refractivity contribution in [3.63, 3.8) is 0 Å². The highest BCUT2D eigenvalue weighted by atomic mass is 16.7. The second kappa shape index (κ2) is 10.6. The smallest absolute Gasteiger partial charge is 0.247 e. The number of ether oxygens (including phenoxy) is 2. The number of Topliss-reactive ketones (excluding diaryl/α,β-unsaturated/α-hetero) is 1. The van der Waals surface area contributed by atoms with Crippen LogP contribution < -0.4 is 10.1 Å². The van der Waals surface area contributed by atoms with E-state index in [1.54, 1.807) is 0 Å². The van der Waals surface area contributed by atoms with Crippen LogP contribution in [0.4, 0.5) is 0 Å². The van der Waals surface area contributed by atoms with Crippen molar-refractivity contribution in [2.75, 3.05) is 0 Å². The first-order valence-electron chi connectivity index (χ1n) is 10.7. The third-order valence-electron chi connectivity index (χ3n) is 6.02. The number of nitrogens with one attached hydrogen (secondary N) is 1. The van der Waals surface area contributed by atoms with E-state index in [-0.39, 0.29) is 11.3 Å². The monoisotopic (exact) mass is 499 g/mol. The first-order valence-corrected chi connectivity index (χ1v) is 10.7. The lowest BCUT2D eigenvalue weighted by atomic mass is 9.83. The zero-order valence-electron chi connectivity index (χ0n) is 18.8. The summed E-state index contributed by atoms with van der Waals surface area (Å²) in [5.41, 5.74) is 0.395. The lowest BCUT2D eigenvalue weighted by Gasteiger charge is -2.42. The molecule has 0 bridgehead atoms. The minimum absolute atomic E-state index is 0.0644. The summed E-state index contributed by atoms with van der Waals surface area (Å²) in [5, 5.41) is 81.8. The van der Waals surface area contributed by atoms with Gasteiger partial charge in [0, 0.05) is 5.57 Å². The number of aliphatic hydroxyl groups excluding tert-OH is 7. The Bertz CT molecular complexity index is 967. The van der Waals surface area contributed by atoms with E-state index in [1.807, 2.05) is 0 Å². The number of ketones is 1. The largest absolute Gasteiger partial charge is 0.504 e. The van der Waals surface area contributed by atoms with Gasteiger partial charge < -0.3 is 55.6 Å². The Hall–Kier alpha value is -2.62. The Labute approximate surface area is 199 Å². The van der Waals surface area contributed by atoms with Gasteiger partial charge in [-0.1, -0.05) is 6.07 Å². The highest BCUT2D eigenvalue weighted by Gasteiger charge is 2.49. The quantitative estimate of drug-likeness (QED) is 0.174. The molecule has 1 saturated heterocycles. The predicted molar refractivity (Wildman–Crippen MR) is 116 cm³/mol. The summed E-state index contributed by atoms with van der Waals surface area (Å²) in [6, 6.07) is 2.51. The van der Waals surface area contributed by atoms with Gasteiger partial charge in [-0.2, -0.15) is 0 Å². The van der Waals surface area contributed by atoms with Crippen LogP contribution in [0.2, 0.25) is 0 Å². The zero-order valence-corrected chi connectivity index (χ0v) is 18.8. The van der Waals surface area contributed by atoms with Crippen LogP contribution in [0.25, 0.3) is 6.08 Å². The molecule has 194 valence electrons. The lowest BCUT2D eigenvalue weighted by molar-refractivity contribution is -0.190. The number of amides is 1. The van der Waals surface area contributed by atoms with E-state index < -0.39 is 78.6 Å². The van der Waals surface area contributed by atoms with Gasteiger partial charge in [0.25, 0.3) is 0 Å². The molecule has 1 heterocycles. The third-order valence-corrected chi connectivity index (χ3v) is 6.02. The number of aromatic hydroxyl groups is 1. The van der Waals surface area contributed by atoms with Crippen molar-refractivity contribution in [1.82, 2.24) is 5.32 Å². The molecule has 13 heteroatoms. The van der Waals surface area contributed by atoms with Crippen molar-refractivity contribution in [3.8, 4) is 11.5 Å². The minimum atomic E-state index is -1.79. The zero-order chi connectivity index (χ0) is 26.2. The second-order valence-corrected chi connectivity index (χ2v) is 8.64. The number of hydrogen-bond acceptors (Lipinski definition) is 12. The molecule has 0 spiro atoms. The molecule has 1 aliphatic carbocycles. The first-order chi connectivity index (χ1) is 16.3. The van der Waals surface area contributed by atoms with E-state index in [0.29, 0.717) is 5.56 Å². The Morgan fingerprint density at radius 1 is 0.886 bits per heavy atom. The molecule has 1 aromatic rings. The summed E-state index contributed by atoms with van der Waals surface area (Å²) >= 11 is 0. The van der Waals surface area contributed by atoms with Crippen LogP contribution in [-0.4, -0.2) is 114 Å². The fraction of sp³-hybridized carbons (Fsp3) is 0.545. The maximum absolute atomic E-state index is 12.5. The van der Waals surface area contributed by atoms with Gasteiger partial charge >= 0.3 is 0 Å². The van der Waals surface area contributed by atoms with Gasteiger partial charge in [-0.05, 0) is 37.6 Å². The lowest BCUT2D eigenvalue weighted by Crippen LogP contribution is -2.68. The van der Waals surface area contributed by atoms with E-state index in [4.69, 9.17) is 9.47 Å². The van der Waals surface area contributed by atoms with E-state index in [9.17, 15) is 50.4 Å². The van der Waals surface area contributed by atoms with Crippen LogP contribution >= 0.6 is 0 Å². The van der Waals surface area contributed by atoms with E-state index in [0.717, 1.165) is 0 Å². The van der Waals surface area contributed by atoms with Crippen molar-refractivity contribution in [2.24, 2.45) is 0 Å². The van der Waals surface area contributed by atoms with E-state index >= 15 is 0 Å². The Morgan fingerprint density at radius 3 is 1.97 bits per heavy atom. The summed E-state index contributed by atoms with van der Waals surface area (Å²) in [4.78, 5) is 24.0. The average molecular weight is 499 g/mol. The predicted octanol–water partition coefficient (Wildman–Crippen LogP) is -3.49. The number of rotatable bonds is 6. The fourth-order valence-corrected chi connectivity index (χ4v) is 3.91. The Morgan fingerprint density at radius 2 is 1.46 bits per heavy atom. The Balaban J connectivity index is 1.68. The van der Waals surface area contributed by atoms with Crippen molar-refractivity contribution in [2.45, 2.75) is 75.0 Å². The second-order valence-electron chi connectivity index (χ2n) is 8.64. The summed E-state index contributed by atoms with van der Waals surface area (Å²) in [7, 11) is 0. The van der Waals surface area contributed by atoms with Gasteiger partial charge in [0.1, 0.15) is 48.8 Å². The molecule has 1 aromatic carbocycles. The van der Waals surface area contributed by atoms with Gasteiger partial charge in [-0.15, -0.1) is 0 Å². The maximum atomic E-state index is 12.5. The third kappa shape index (κ3) is 5.47. The van der Waals surface area contributed by atoms with Crippen LogP contribution in [-0.2, 0) is 14.3 Å². The molecule has 2 aliphatic rings. The number of benzene rings is 1. The highest BCUT2D eigenvalue weighted by Crippen LogP contribution is 2.32. The van der Waals surface area contributed by atoms with Gasteiger partial charge in [-0.3, -0.25) is 9.59 Å². The summed E-state index contributed by atoms with van der Waals surface area (Å²) in [6.45, 7) is 2.58. The number of phenolic OH excluding ortho intramolecular Hbond substituents is 1. The van der Waals surface area contributed by atoms with Gasteiger partial charge in [-0.25, -0.2) is 0 Å². The Kier molecular flexibility index (Phi) is 8.14. The molecule has 35 heavy (non-hydrogen) atoms. The van der Waals surface area contributed by atoms with Crippen LogP contribution in [0.1, 0.15) is 19.4 Å². The fourth-order valence-electron chi connectivity index (χ4n) is 3.91. The van der Waals surface area contributed by atoms with Crippen LogP contribution in [0.3, 0.4) is 0 Å². The summed E-state index contributed by atoms with van der Waals surface area (Å²) < 4.78 is 10.6. The van der Waals surface area contributed by atoms with Crippen molar-refractivity contribution < 1.29 is 59.9 Å². The van der Waals surface area contributed by atoms with E-state index in [2.05, 4.69) is 5.32 Å². The number of carbonyl (C=O) groups is 2. The van der Waals surface area contributed by atoms with Crippen LogP contribution in [0.15, 0.2) is 23.8 Å². The van der Waals surface area contributed by atoms with Crippen molar-refractivity contribution >= 4 is 17.8 Å². The number of carbonyl (C=O) groups excluding carboxylic acids is 2. The minimum Gasteiger partial charge on any atom is -0.504 e. The van der Waals surface area contributed by atoms with Gasteiger partial charge in [0.2, 0.25) is 12.2 Å². The molecule has 1 aliphatic heterocycles. The molecule has 3 rings (SSSR count). The number of phenols is 1. The SMILES string of the molecule is CC(=O)[C@H]1O[C@@H](Oc2ccc(/C=C(\C)C(=O)NC3[C@@H](O)[C@H](O)C(O)[C@H](O)[C@H]3O)cc2O)[C@@H](O)[C@@H]1O. The first kappa shape index (κ1) is 27.0. The average Bonchev–Trinajstić information content (AvgIpc) is 3.09. The molecular weight excluding hydrogens is 470 g/mol. The summed E-state index contributed by atoms with van der Waals surface area (Å²) in [5.74, 6) is -1.80. The maximum Gasteiger partial charge on any atom is 0.247 e. The van der Waals surface area contributed by atoms with E-state index in [1.165, 1.54) is 38.1 Å². The molecule has 0 aromatic heterocycles. The molecule has 1 amide bonds. The molecule has 10 atom stereocenters. The number of aliphatic hydroxyl groups is 7. The van der Waals surface area contributed by atoms with Crippen molar-refractivity contribution in [3.05, 3.63) is 29.3 Å². The normalized spacial score (nSPS) is 37.7. The topological polar surface area (TPSA) is 226 Å². The van der Waals surface area contributed by atoms with Gasteiger partial charge in [0.15, 0.2) is 17.3 Å². The molecule has 2 fully saturated rings. The molecular formula is C22H29NO12. The highest BCUT2D eigenvalue weighted by molar-refractivity contribution is 5.97.